The van der Waals surface area contributed by atoms with Gasteiger partial charge in [-0.05, 0) is 73.2 Å². The smallest absolute Gasteiger partial charge is 0.305 e. The number of nitrogens with one attached hydrogen (secondary N) is 2. The zero-order valence-corrected chi connectivity index (χ0v) is 25.6. The Kier molecular flexibility index (Phi) is 8.23. The number of hydrogen-bond acceptors (Lipinski definition) is 8. The Balaban J connectivity index is 1.31. The third kappa shape index (κ3) is 5.77. The number of nitrogens with zero attached hydrogens (tertiary/aromatic N) is 1. The lowest BCUT2D eigenvalue weighted by Gasteiger charge is -2.30. The molecule has 0 aliphatic carbocycles. The van der Waals surface area contributed by atoms with Gasteiger partial charge in [0.1, 0.15) is 5.25 Å². The minimum Gasteiger partial charge on any atom is -0.490 e. The number of thioether (sulfide) groups is 1. The number of H-pyrrole nitrogens is 1. The fourth-order valence-electron chi connectivity index (χ4n) is 5.20. The van der Waals surface area contributed by atoms with E-state index in [1.54, 1.807) is 66.7 Å². The molecule has 0 spiro atoms. The molecule has 1 aromatic heterocycles. The van der Waals surface area contributed by atoms with Crippen molar-refractivity contribution in [1.29, 1.82) is 0 Å². The average Bonchev–Trinajstić information content (AvgIpc) is 3.48. The average molecular weight is 657 g/mol. The van der Waals surface area contributed by atoms with Crippen molar-refractivity contribution >= 4 is 75.4 Å². The van der Waals surface area contributed by atoms with Crippen LogP contribution in [0.5, 0.6) is 11.5 Å². The monoisotopic (exact) mass is 655 g/mol. The van der Waals surface area contributed by atoms with Crippen molar-refractivity contribution in [3.05, 3.63) is 96.9 Å². The number of ether oxygens (including phenoxy) is 2. The third-order valence-corrected chi connectivity index (χ3v) is 9.93. The molecule has 6 rings (SSSR count). The quantitative estimate of drug-likeness (QED) is 0.225. The molecule has 0 saturated carbocycles. The number of imide groups is 1. The highest BCUT2D eigenvalue weighted by atomic mass is 35.5. The Hall–Kier alpha value is -3.77. The van der Waals surface area contributed by atoms with E-state index in [1.165, 1.54) is 16.7 Å². The van der Waals surface area contributed by atoms with Crippen LogP contribution in [0.25, 0.3) is 0 Å². The van der Waals surface area contributed by atoms with Crippen LogP contribution in [0.15, 0.2) is 76.6 Å². The van der Waals surface area contributed by atoms with Crippen LogP contribution >= 0.6 is 46.3 Å². The first-order valence-corrected chi connectivity index (χ1v) is 15.7. The fraction of sp³-hybridized carbons (Fsp3) is 0.200. The number of thiazole rings is 1. The van der Waals surface area contributed by atoms with Crippen molar-refractivity contribution in [2.45, 2.75) is 23.1 Å². The molecule has 3 atom stereocenters. The number of halogens is 2. The molecule has 4 aromatic rings. The lowest BCUT2D eigenvalue weighted by atomic mass is 9.83. The van der Waals surface area contributed by atoms with E-state index < -0.39 is 17.1 Å². The van der Waals surface area contributed by atoms with Crippen molar-refractivity contribution < 1.29 is 23.9 Å². The second-order valence-corrected chi connectivity index (χ2v) is 12.8. The van der Waals surface area contributed by atoms with E-state index >= 15 is 0 Å². The van der Waals surface area contributed by atoms with Crippen LogP contribution in [-0.4, -0.2) is 41.2 Å². The Morgan fingerprint density at radius 3 is 2.33 bits per heavy atom. The summed E-state index contributed by atoms with van der Waals surface area (Å²) in [6.07, 6.45) is 0. The molecular weight excluding hydrogens is 633 g/mol. The van der Waals surface area contributed by atoms with Gasteiger partial charge >= 0.3 is 4.87 Å². The summed E-state index contributed by atoms with van der Waals surface area (Å²) in [4.78, 5) is 56.9. The van der Waals surface area contributed by atoms with Crippen LogP contribution in [0.4, 0.5) is 11.4 Å². The second kappa shape index (κ2) is 12.1. The normalized spacial score (nSPS) is 19.1. The number of aromatic amines is 1. The highest BCUT2D eigenvalue weighted by molar-refractivity contribution is 8.00. The van der Waals surface area contributed by atoms with Gasteiger partial charge in [-0.15, -0.1) is 0 Å². The fourth-order valence-corrected chi connectivity index (χ4v) is 7.97. The minimum atomic E-state index is -0.765. The number of carbonyl (C=O) groups is 3. The van der Waals surface area contributed by atoms with Gasteiger partial charge in [-0.3, -0.25) is 19.2 Å². The van der Waals surface area contributed by atoms with Crippen LogP contribution in [0.2, 0.25) is 10.0 Å². The highest BCUT2D eigenvalue weighted by Crippen LogP contribution is 2.53. The summed E-state index contributed by atoms with van der Waals surface area (Å²) in [5, 5.41) is 3.61. The first kappa shape index (κ1) is 29.3. The van der Waals surface area contributed by atoms with Gasteiger partial charge < -0.3 is 19.8 Å². The second-order valence-electron chi connectivity index (χ2n) is 9.72. The molecule has 220 valence electrons. The van der Waals surface area contributed by atoms with Crippen molar-refractivity contribution in [2.24, 2.45) is 5.92 Å². The van der Waals surface area contributed by atoms with Gasteiger partial charge in [0.05, 0.1) is 23.2 Å². The van der Waals surface area contributed by atoms with Crippen LogP contribution in [-0.2, 0) is 14.4 Å². The molecule has 1 saturated heterocycles. The first-order valence-electron chi connectivity index (χ1n) is 13.2. The molecule has 1 fully saturated rings. The molecule has 0 unspecified atom stereocenters. The van der Waals surface area contributed by atoms with E-state index in [0.29, 0.717) is 55.0 Å². The number of hydrogen-bond donors (Lipinski definition) is 2. The van der Waals surface area contributed by atoms with E-state index in [-0.39, 0.29) is 29.2 Å². The molecule has 0 radical (unpaired) electrons. The van der Waals surface area contributed by atoms with Gasteiger partial charge in [0.2, 0.25) is 11.8 Å². The largest absolute Gasteiger partial charge is 0.490 e. The molecule has 0 bridgehead atoms. The number of anilines is 2. The van der Waals surface area contributed by atoms with Gasteiger partial charge in [-0.2, -0.15) is 0 Å². The number of benzene rings is 3. The Bertz CT molecular complexity index is 1770. The minimum absolute atomic E-state index is 0.270. The highest BCUT2D eigenvalue weighted by Gasteiger charge is 2.56. The predicted molar refractivity (Wildman–Crippen MR) is 167 cm³/mol. The van der Waals surface area contributed by atoms with Gasteiger partial charge in [0, 0.05) is 26.5 Å². The van der Waals surface area contributed by atoms with Crippen molar-refractivity contribution in [3.63, 3.8) is 0 Å². The van der Waals surface area contributed by atoms with Gasteiger partial charge in [0.25, 0.3) is 5.91 Å². The lowest BCUT2D eigenvalue weighted by molar-refractivity contribution is -0.122. The van der Waals surface area contributed by atoms with E-state index in [9.17, 15) is 19.2 Å². The zero-order valence-electron chi connectivity index (χ0n) is 22.5. The maximum absolute atomic E-state index is 13.9. The van der Waals surface area contributed by atoms with Gasteiger partial charge in [-0.1, -0.05) is 52.4 Å². The summed E-state index contributed by atoms with van der Waals surface area (Å²) in [5.41, 5.74) is 1.68. The summed E-state index contributed by atoms with van der Waals surface area (Å²) in [5.74, 6) is -1.76. The number of amides is 3. The molecule has 2 N–H and O–H groups in total. The van der Waals surface area contributed by atoms with E-state index in [0.717, 1.165) is 11.3 Å². The van der Waals surface area contributed by atoms with Gasteiger partial charge in [0.15, 0.2) is 18.1 Å². The topological polar surface area (TPSA) is 118 Å². The third-order valence-electron chi connectivity index (χ3n) is 7.02. The molecule has 3 aromatic carbocycles. The Morgan fingerprint density at radius 2 is 1.63 bits per heavy atom. The van der Waals surface area contributed by atoms with Crippen molar-refractivity contribution in [1.82, 2.24) is 4.98 Å². The lowest BCUT2D eigenvalue weighted by Crippen LogP contribution is -2.32. The van der Waals surface area contributed by atoms with Crippen molar-refractivity contribution in [3.8, 4) is 11.5 Å². The van der Waals surface area contributed by atoms with Crippen molar-refractivity contribution in [2.75, 3.05) is 23.4 Å². The van der Waals surface area contributed by atoms with E-state index in [2.05, 4.69) is 10.3 Å². The Labute approximate surface area is 264 Å². The summed E-state index contributed by atoms with van der Waals surface area (Å²) in [6.45, 7) is 1.85. The number of rotatable bonds is 8. The van der Waals surface area contributed by atoms with E-state index in [1.807, 2.05) is 6.92 Å². The first-order chi connectivity index (χ1) is 20.7. The predicted octanol–water partition coefficient (Wildman–Crippen LogP) is 5.96. The summed E-state index contributed by atoms with van der Waals surface area (Å²) in [7, 11) is 0. The summed E-state index contributed by atoms with van der Waals surface area (Å²) < 4.78 is 11.7. The number of carbonyl (C=O) groups excluding carboxylic acids is 3. The van der Waals surface area contributed by atoms with Crippen LogP contribution in [0.1, 0.15) is 23.3 Å². The van der Waals surface area contributed by atoms with Crippen LogP contribution in [0.3, 0.4) is 0 Å². The Morgan fingerprint density at radius 1 is 0.930 bits per heavy atom. The maximum Gasteiger partial charge on any atom is 0.305 e. The molecular formula is C30H23Cl2N3O6S2. The number of aromatic nitrogens is 1. The molecule has 13 heteroatoms. The van der Waals surface area contributed by atoms with E-state index in [4.69, 9.17) is 32.7 Å². The molecule has 2 aliphatic rings. The maximum atomic E-state index is 13.9. The summed E-state index contributed by atoms with van der Waals surface area (Å²) in [6, 6.07) is 18.4. The SMILES string of the molecule is CCOc1cc([C@@H]2c3sc(=O)[nH]c3S[C@H]3C(=O)N(c4ccc(Cl)cc4)C(=O)[C@@H]23)ccc1OCC(=O)Nc1ccc(Cl)cc1. The standard InChI is InChI=1S/C30H23Cl2N3O6S2/c1-2-40-21-13-15(3-12-20(21)41-14-22(36)33-18-8-4-16(31)5-9-18)23-24-26(42-27-25(23)43-30(39)34-27)29(38)35(28(24)37)19-10-6-17(32)7-11-19/h3-13,23-24,26H,2,14H2,1H3,(H,33,36)(H,34,39)/t23-,24-,26+/m0/s1. The molecule has 2 aliphatic heterocycles. The van der Waals surface area contributed by atoms with Gasteiger partial charge in [-0.25, -0.2) is 4.90 Å². The summed E-state index contributed by atoms with van der Waals surface area (Å²) >= 11 is 14.2. The van der Waals surface area contributed by atoms with Crippen LogP contribution in [0, 0.1) is 5.92 Å². The molecule has 43 heavy (non-hydrogen) atoms. The number of fused-ring (bicyclic) bond motifs is 2. The molecule has 3 heterocycles. The molecule has 9 nitrogen and oxygen atoms in total. The zero-order chi connectivity index (χ0) is 30.2. The van der Waals surface area contributed by atoms with Crippen LogP contribution < -0.4 is 24.6 Å². The molecule has 3 amide bonds.